The molecule has 0 unspecified atom stereocenters. The minimum atomic E-state index is -0.252. The molecule has 0 aliphatic heterocycles. The van der Waals surface area contributed by atoms with E-state index < -0.39 is 0 Å². The summed E-state index contributed by atoms with van der Waals surface area (Å²) in [5.41, 5.74) is 2.78. The number of imidazole rings is 1. The van der Waals surface area contributed by atoms with Gasteiger partial charge in [-0.15, -0.1) is 0 Å². The summed E-state index contributed by atoms with van der Waals surface area (Å²) in [4.78, 5) is 17.4. The topological polar surface area (TPSA) is 55.6 Å². The second-order valence-electron chi connectivity index (χ2n) is 5.93. The van der Waals surface area contributed by atoms with E-state index in [0.717, 1.165) is 17.0 Å². The second kappa shape index (κ2) is 7.13. The number of nitrogens with zero attached hydrogens (tertiary/aromatic N) is 2. The number of fused-ring (bicyclic) bond motifs is 1. The minimum absolute atomic E-state index is 0.252. The Morgan fingerprint density at radius 1 is 1.07 bits per heavy atom. The van der Waals surface area contributed by atoms with Crippen LogP contribution in [0.5, 0.6) is 5.75 Å². The first-order chi connectivity index (χ1) is 13.2. The molecule has 0 fully saturated rings. The van der Waals surface area contributed by atoms with Crippen molar-refractivity contribution in [3.63, 3.8) is 0 Å². The highest BCUT2D eigenvalue weighted by Gasteiger charge is 2.17. The Balaban J connectivity index is 1.79. The van der Waals surface area contributed by atoms with Crippen LogP contribution in [0, 0.1) is 0 Å². The van der Waals surface area contributed by atoms with Crippen LogP contribution in [-0.4, -0.2) is 22.4 Å². The van der Waals surface area contributed by atoms with Crippen LogP contribution in [0.3, 0.4) is 0 Å². The van der Waals surface area contributed by atoms with Crippen molar-refractivity contribution in [1.82, 2.24) is 9.38 Å². The van der Waals surface area contributed by atoms with Crippen molar-refractivity contribution < 1.29 is 9.53 Å². The van der Waals surface area contributed by atoms with E-state index in [1.807, 2.05) is 53.1 Å². The molecular formula is C21H16ClN3O2. The molecule has 0 aliphatic carbocycles. The van der Waals surface area contributed by atoms with Gasteiger partial charge in [-0.2, -0.15) is 0 Å². The highest BCUT2D eigenvalue weighted by molar-refractivity contribution is 6.31. The summed E-state index contributed by atoms with van der Waals surface area (Å²) in [6.07, 6.45) is 1.86. The van der Waals surface area contributed by atoms with Crippen LogP contribution in [0.4, 0.5) is 5.82 Å². The molecule has 0 atom stereocenters. The third kappa shape index (κ3) is 3.37. The third-order valence-electron chi connectivity index (χ3n) is 4.21. The van der Waals surface area contributed by atoms with Crippen molar-refractivity contribution in [2.24, 2.45) is 0 Å². The van der Waals surface area contributed by atoms with Crippen molar-refractivity contribution in [3.8, 4) is 17.0 Å². The van der Waals surface area contributed by atoms with E-state index in [-0.39, 0.29) is 5.91 Å². The molecule has 2 aromatic carbocycles. The number of carbonyl (C=O) groups excluding carboxylic acids is 1. The molecule has 134 valence electrons. The molecule has 1 amide bonds. The van der Waals surface area contributed by atoms with Crippen molar-refractivity contribution in [2.75, 3.05) is 12.4 Å². The highest BCUT2D eigenvalue weighted by Crippen LogP contribution is 2.30. The maximum Gasteiger partial charge on any atom is 0.256 e. The fourth-order valence-corrected chi connectivity index (χ4v) is 3.07. The van der Waals surface area contributed by atoms with Crippen LogP contribution < -0.4 is 10.1 Å². The number of amides is 1. The molecule has 0 radical (unpaired) electrons. The van der Waals surface area contributed by atoms with Crippen LogP contribution >= 0.6 is 11.6 Å². The van der Waals surface area contributed by atoms with Crippen molar-refractivity contribution in [1.29, 1.82) is 0 Å². The quantitative estimate of drug-likeness (QED) is 0.549. The molecule has 0 aliphatic rings. The molecule has 2 heterocycles. The highest BCUT2D eigenvalue weighted by atomic mass is 35.5. The predicted octanol–water partition coefficient (Wildman–Crippen LogP) is 4.92. The van der Waals surface area contributed by atoms with Gasteiger partial charge in [-0.3, -0.25) is 9.20 Å². The fourth-order valence-electron chi connectivity index (χ4n) is 2.87. The Hall–Kier alpha value is -3.31. The average Bonchev–Trinajstić information content (AvgIpc) is 3.06. The molecule has 0 bridgehead atoms. The summed E-state index contributed by atoms with van der Waals surface area (Å²) >= 11 is 6.01. The van der Waals surface area contributed by atoms with Crippen LogP contribution in [0.2, 0.25) is 5.02 Å². The van der Waals surface area contributed by atoms with Gasteiger partial charge in [0, 0.05) is 22.3 Å². The number of methoxy groups -OCH3 is 1. The summed E-state index contributed by atoms with van der Waals surface area (Å²) in [6.45, 7) is 0. The van der Waals surface area contributed by atoms with Crippen molar-refractivity contribution in [2.45, 2.75) is 0 Å². The van der Waals surface area contributed by atoms with Gasteiger partial charge < -0.3 is 10.1 Å². The average molecular weight is 378 g/mol. The lowest BCUT2D eigenvalue weighted by Gasteiger charge is -2.08. The second-order valence-corrected chi connectivity index (χ2v) is 6.37. The number of anilines is 1. The number of carbonyl (C=O) groups is 1. The van der Waals surface area contributed by atoms with Gasteiger partial charge in [0.25, 0.3) is 5.91 Å². The molecule has 4 rings (SSSR count). The van der Waals surface area contributed by atoms with Crippen LogP contribution in [0.25, 0.3) is 16.9 Å². The maximum absolute atomic E-state index is 12.8. The number of rotatable bonds is 4. The zero-order chi connectivity index (χ0) is 18.8. The normalized spacial score (nSPS) is 10.7. The SMILES string of the molecule is COc1ccc(-c2nc3ccccn3c2NC(=O)c2cccc(Cl)c2)cc1. The van der Waals surface area contributed by atoms with E-state index in [2.05, 4.69) is 10.3 Å². The van der Waals surface area contributed by atoms with Gasteiger partial charge >= 0.3 is 0 Å². The van der Waals surface area contributed by atoms with Crippen molar-refractivity contribution >= 4 is 29.0 Å². The van der Waals surface area contributed by atoms with E-state index >= 15 is 0 Å². The predicted molar refractivity (Wildman–Crippen MR) is 107 cm³/mol. The molecule has 27 heavy (non-hydrogen) atoms. The Labute approximate surface area is 161 Å². The number of halogens is 1. The number of ether oxygens (including phenoxy) is 1. The molecule has 4 aromatic rings. The Morgan fingerprint density at radius 3 is 2.63 bits per heavy atom. The largest absolute Gasteiger partial charge is 0.497 e. The van der Waals surface area contributed by atoms with Gasteiger partial charge in [0.15, 0.2) is 0 Å². The molecule has 2 aromatic heterocycles. The first-order valence-corrected chi connectivity index (χ1v) is 8.72. The van der Waals surface area contributed by atoms with Crippen LogP contribution in [0.1, 0.15) is 10.4 Å². The van der Waals surface area contributed by atoms with Crippen LogP contribution in [0.15, 0.2) is 72.9 Å². The lowest BCUT2D eigenvalue weighted by Crippen LogP contribution is -2.14. The first-order valence-electron chi connectivity index (χ1n) is 8.34. The Kier molecular flexibility index (Phi) is 4.52. The molecule has 6 heteroatoms. The zero-order valence-corrected chi connectivity index (χ0v) is 15.3. The van der Waals surface area contributed by atoms with Gasteiger partial charge in [-0.1, -0.05) is 23.7 Å². The molecular weight excluding hydrogens is 362 g/mol. The standard InChI is InChI=1S/C21H16ClN3O2/c1-27-17-10-8-14(9-11-17)19-20(25-12-3-2-7-18(25)23-19)24-21(26)15-5-4-6-16(22)13-15/h2-13H,1H3,(H,24,26). The minimum Gasteiger partial charge on any atom is -0.497 e. The summed E-state index contributed by atoms with van der Waals surface area (Å²) in [5, 5.41) is 3.49. The molecule has 5 nitrogen and oxygen atoms in total. The molecule has 0 spiro atoms. The number of hydrogen-bond donors (Lipinski definition) is 1. The number of hydrogen-bond acceptors (Lipinski definition) is 3. The van der Waals surface area contributed by atoms with Gasteiger partial charge in [0.2, 0.25) is 0 Å². The number of nitrogens with one attached hydrogen (secondary N) is 1. The molecule has 1 N–H and O–H groups in total. The third-order valence-corrected chi connectivity index (χ3v) is 4.45. The smallest absolute Gasteiger partial charge is 0.256 e. The van der Waals surface area contributed by atoms with Gasteiger partial charge in [-0.25, -0.2) is 4.98 Å². The first kappa shape index (κ1) is 17.1. The summed E-state index contributed by atoms with van der Waals surface area (Å²) < 4.78 is 7.07. The van der Waals surface area contributed by atoms with E-state index in [4.69, 9.17) is 16.3 Å². The summed E-state index contributed by atoms with van der Waals surface area (Å²) in [6, 6.07) is 20.1. The lowest BCUT2D eigenvalue weighted by atomic mass is 10.1. The molecule has 0 saturated heterocycles. The van der Waals surface area contributed by atoms with E-state index in [9.17, 15) is 4.79 Å². The lowest BCUT2D eigenvalue weighted by molar-refractivity contribution is 0.102. The Bertz CT molecular complexity index is 1120. The molecule has 0 saturated carbocycles. The van der Waals surface area contributed by atoms with Crippen molar-refractivity contribution in [3.05, 3.63) is 83.5 Å². The number of benzene rings is 2. The van der Waals surface area contributed by atoms with E-state index in [1.54, 1.807) is 31.4 Å². The van der Waals surface area contributed by atoms with Gasteiger partial charge in [0.05, 0.1) is 7.11 Å². The van der Waals surface area contributed by atoms with E-state index in [1.165, 1.54) is 0 Å². The zero-order valence-electron chi connectivity index (χ0n) is 14.5. The Morgan fingerprint density at radius 2 is 1.89 bits per heavy atom. The number of aromatic nitrogens is 2. The maximum atomic E-state index is 12.8. The van der Waals surface area contributed by atoms with Crippen LogP contribution in [-0.2, 0) is 0 Å². The van der Waals surface area contributed by atoms with Gasteiger partial charge in [0.1, 0.15) is 22.9 Å². The van der Waals surface area contributed by atoms with E-state index in [0.29, 0.717) is 22.1 Å². The summed E-state index contributed by atoms with van der Waals surface area (Å²) in [5.74, 6) is 1.10. The number of pyridine rings is 1. The summed E-state index contributed by atoms with van der Waals surface area (Å²) in [7, 11) is 1.62. The fraction of sp³-hybridized carbons (Fsp3) is 0.0476. The van der Waals surface area contributed by atoms with Gasteiger partial charge in [-0.05, 0) is 54.6 Å². The monoisotopic (exact) mass is 377 g/mol.